The lowest BCUT2D eigenvalue weighted by molar-refractivity contribution is 0.102. The number of anilines is 2. The van der Waals surface area contributed by atoms with Gasteiger partial charge in [0.25, 0.3) is 5.91 Å². The monoisotopic (exact) mass is 369 g/mol. The summed E-state index contributed by atoms with van der Waals surface area (Å²) in [4.78, 5) is 12.0. The SMILES string of the molecule is Nc1cc(Br)ccc1C(=O)Nc1ccccc1S(N)(=O)=O. The number of nitrogens with one attached hydrogen (secondary N) is 1. The highest BCUT2D eigenvalue weighted by molar-refractivity contribution is 9.10. The van der Waals surface area contributed by atoms with E-state index in [4.69, 9.17) is 10.9 Å². The van der Waals surface area contributed by atoms with Crippen molar-refractivity contribution in [1.29, 1.82) is 0 Å². The normalized spacial score (nSPS) is 11.1. The molecule has 5 N–H and O–H groups in total. The largest absolute Gasteiger partial charge is 0.398 e. The lowest BCUT2D eigenvalue weighted by Gasteiger charge is -2.11. The van der Waals surface area contributed by atoms with Crippen LogP contribution in [-0.4, -0.2) is 14.3 Å². The van der Waals surface area contributed by atoms with Gasteiger partial charge in [-0.3, -0.25) is 4.79 Å². The van der Waals surface area contributed by atoms with Crippen molar-refractivity contribution in [3.05, 3.63) is 52.5 Å². The second-order valence-corrected chi connectivity index (χ2v) is 6.67. The van der Waals surface area contributed by atoms with Gasteiger partial charge in [0, 0.05) is 10.2 Å². The summed E-state index contributed by atoms with van der Waals surface area (Å²) in [6.07, 6.45) is 0. The smallest absolute Gasteiger partial charge is 0.257 e. The van der Waals surface area contributed by atoms with Crippen molar-refractivity contribution in [1.82, 2.24) is 0 Å². The summed E-state index contributed by atoms with van der Waals surface area (Å²) in [6.45, 7) is 0. The average molecular weight is 370 g/mol. The molecule has 0 heterocycles. The van der Waals surface area contributed by atoms with E-state index in [9.17, 15) is 13.2 Å². The molecular formula is C13H12BrN3O3S. The van der Waals surface area contributed by atoms with Gasteiger partial charge in [0.05, 0.1) is 11.3 Å². The van der Waals surface area contributed by atoms with Crippen molar-refractivity contribution in [3.63, 3.8) is 0 Å². The number of amides is 1. The van der Waals surface area contributed by atoms with Crippen LogP contribution in [0.3, 0.4) is 0 Å². The molecular weight excluding hydrogens is 358 g/mol. The maximum atomic E-state index is 12.2. The zero-order valence-electron chi connectivity index (χ0n) is 10.7. The molecule has 0 aliphatic carbocycles. The number of nitrogens with two attached hydrogens (primary N) is 2. The number of hydrogen-bond donors (Lipinski definition) is 3. The zero-order valence-corrected chi connectivity index (χ0v) is 13.1. The number of halogens is 1. The fourth-order valence-corrected chi connectivity index (χ4v) is 2.82. The number of carbonyl (C=O) groups is 1. The Morgan fingerprint density at radius 3 is 2.43 bits per heavy atom. The van der Waals surface area contributed by atoms with Gasteiger partial charge in [0.2, 0.25) is 10.0 Å². The van der Waals surface area contributed by atoms with Crippen LogP contribution < -0.4 is 16.2 Å². The van der Waals surface area contributed by atoms with E-state index < -0.39 is 15.9 Å². The molecule has 0 aliphatic rings. The quantitative estimate of drug-likeness (QED) is 0.716. The number of hydrogen-bond acceptors (Lipinski definition) is 4. The number of carbonyl (C=O) groups excluding carboxylic acids is 1. The number of sulfonamides is 1. The lowest BCUT2D eigenvalue weighted by atomic mass is 10.1. The van der Waals surface area contributed by atoms with E-state index in [1.54, 1.807) is 18.2 Å². The molecule has 0 saturated heterocycles. The molecule has 0 unspecified atom stereocenters. The number of benzene rings is 2. The molecule has 6 nitrogen and oxygen atoms in total. The molecule has 8 heteroatoms. The molecule has 110 valence electrons. The highest BCUT2D eigenvalue weighted by atomic mass is 79.9. The Morgan fingerprint density at radius 2 is 1.81 bits per heavy atom. The number of primary sulfonamides is 1. The van der Waals surface area contributed by atoms with Crippen LogP contribution in [0.15, 0.2) is 51.8 Å². The molecule has 0 spiro atoms. The number of para-hydroxylation sites is 1. The Morgan fingerprint density at radius 1 is 1.14 bits per heavy atom. The second-order valence-electron chi connectivity index (χ2n) is 4.23. The standard InChI is InChI=1S/C13H12BrN3O3S/c14-8-5-6-9(10(15)7-8)13(18)17-11-3-1-2-4-12(11)21(16,19)20/h1-7H,15H2,(H,17,18)(H2,16,19,20). The van der Waals surface area contributed by atoms with Crippen molar-refractivity contribution >= 4 is 43.2 Å². The third-order valence-electron chi connectivity index (χ3n) is 2.70. The molecule has 0 bridgehead atoms. The lowest BCUT2D eigenvalue weighted by Crippen LogP contribution is -2.19. The molecule has 2 rings (SSSR count). The van der Waals surface area contributed by atoms with E-state index in [2.05, 4.69) is 21.2 Å². The van der Waals surface area contributed by atoms with Crippen LogP contribution in [0, 0.1) is 0 Å². The second kappa shape index (κ2) is 5.84. The van der Waals surface area contributed by atoms with Crippen molar-refractivity contribution in [2.75, 3.05) is 11.1 Å². The summed E-state index contributed by atoms with van der Waals surface area (Å²) in [6, 6.07) is 10.7. The summed E-state index contributed by atoms with van der Waals surface area (Å²) in [5.41, 5.74) is 6.38. The van der Waals surface area contributed by atoms with Crippen LogP contribution in [0.5, 0.6) is 0 Å². The summed E-state index contributed by atoms with van der Waals surface area (Å²) >= 11 is 3.24. The van der Waals surface area contributed by atoms with Crippen molar-refractivity contribution in [2.45, 2.75) is 4.90 Å². The Bertz CT molecular complexity index is 806. The van der Waals surface area contributed by atoms with E-state index in [0.717, 1.165) is 4.47 Å². The first kappa shape index (κ1) is 15.5. The van der Waals surface area contributed by atoms with Crippen molar-refractivity contribution in [2.24, 2.45) is 5.14 Å². The van der Waals surface area contributed by atoms with Crippen LogP contribution in [0.4, 0.5) is 11.4 Å². The van der Waals surface area contributed by atoms with Crippen LogP contribution in [0.1, 0.15) is 10.4 Å². The number of nitrogen functional groups attached to an aromatic ring is 1. The summed E-state index contributed by atoms with van der Waals surface area (Å²) < 4.78 is 23.7. The highest BCUT2D eigenvalue weighted by Crippen LogP contribution is 2.23. The van der Waals surface area contributed by atoms with Gasteiger partial charge in [-0.2, -0.15) is 0 Å². The molecule has 0 saturated carbocycles. The Hall–Kier alpha value is -1.90. The van der Waals surface area contributed by atoms with Crippen LogP contribution in [-0.2, 0) is 10.0 Å². The van der Waals surface area contributed by atoms with Crippen LogP contribution in [0.25, 0.3) is 0 Å². The molecule has 21 heavy (non-hydrogen) atoms. The van der Waals surface area contributed by atoms with E-state index in [-0.39, 0.29) is 21.8 Å². The molecule has 0 aromatic heterocycles. The third-order valence-corrected chi connectivity index (χ3v) is 4.16. The Balaban J connectivity index is 2.37. The first-order valence-electron chi connectivity index (χ1n) is 5.77. The molecule has 2 aromatic rings. The van der Waals surface area contributed by atoms with Crippen LogP contribution in [0.2, 0.25) is 0 Å². The maximum Gasteiger partial charge on any atom is 0.257 e. The van der Waals surface area contributed by atoms with E-state index in [0.29, 0.717) is 0 Å². The van der Waals surface area contributed by atoms with Crippen molar-refractivity contribution < 1.29 is 13.2 Å². The van der Waals surface area contributed by atoms with E-state index in [1.807, 2.05) is 0 Å². The summed E-state index contributed by atoms with van der Waals surface area (Å²) in [5.74, 6) is -0.517. The summed E-state index contributed by atoms with van der Waals surface area (Å²) in [5, 5.41) is 7.61. The van der Waals surface area contributed by atoms with Gasteiger partial charge in [-0.15, -0.1) is 0 Å². The summed E-state index contributed by atoms with van der Waals surface area (Å²) in [7, 11) is -3.93. The third kappa shape index (κ3) is 3.60. The maximum absolute atomic E-state index is 12.2. The van der Waals surface area contributed by atoms with Gasteiger partial charge < -0.3 is 11.1 Å². The highest BCUT2D eigenvalue weighted by Gasteiger charge is 2.17. The van der Waals surface area contributed by atoms with E-state index >= 15 is 0 Å². The minimum absolute atomic E-state index is 0.104. The van der Waals surface area contributed by atoms with Crippen molar-refractivity contribution in [3.8, 4) is 0 Å². The van der Waals surface area contributed by atoms with Gasteiger partial charge in [0.1, 0.15) is 4.90 Å². The molecule has 0 radical (unpaired) electrons. The first-order chi connectivity index (χ1) is 9.79. The Kier molecular flexibility index (Phi) is 4.31. The fourth-order valence-electron chi connectivity index (χ4n) is 1.75. The fraction of sp³-hybridized carbons (Fsp3) is 0. The molecule has 0 aliphatic heterocycles. The van der Waals surface area contributed by atoms with Gasteiger partial charge in [0.15, 0.2) is 0 Å². The van der Waals surface area contributed by atoms with Gasteiger partial charge in [-0.1, -0.05) is 28.1 Å². The predicted molar refractivity (Wildman–Crippen MR) is 84.3 cm³/mol. The average Bonchev–Trinajstić information content (AvgIpc) is 2.37. The molecule has 0 fully saturated rings. The van der Waals surface area contributed by atoms with Crippen LogP contribution >= 0.6 is 15.9 Å². The van der Waals surface area contributed by atoms with Gasteiger partial charge in [-0.25, -0.2) is 13.6 Å². The van der Waals surface area contributed by atoms with Gasteiger partial charge in [-0.05, 0) is 30.3 Å². The zero-order chi connectivity index (χ0) is 15.6. The Labute approximate surface area is 130 Å². The molecule has 1 amide bonds. The predicted octanol–water partition coefficient (Wildman–Crippen LogP) is 1.93. The molecule has 0 atom stereocenters. The van der Waals surface area contributed by atoms with Gasteiger partial charge >= 0.3 is 0 Å². The molecule has 2 aromatic carbocycles. The topological polar surface area (TPSA) is 115 Å². The number of rotatable bonds is 3. The minimum Gasteiger partial charge on any atom is -0.398 e. The van der Waals surface area contributed by atoms with E-state index in [1.165, 1.54) is 24.3 Å². The minimum atomic E-state index is -3.93. The first-order valence-corrected chi connectivity index (χ1v) is 8.11.